The van der Waals surface area contributed by atoms with Crippen LogP contribution in [-0.2, 0) is 10.1 Å². The first-order valence-electron chi connectivity index (χ1n) is 6.58. The molecule has 18 heavy (non-hydrogen) atoms. The van der Waals surface area contributed by atoms with Crippen LogP contribution in [0.1, 0.15) is 64.7 Å². The molecule has 0 spiro atoms. The molecular weight excluding hydrogens is 279 g/mol. The smallest absolute Gasteiger partial charge is 0.748 e. The zero-order valence-corrected chi connectivity index (χ0v) is 15.7. The van der Waals surface area contributed by atoms with Gasteiger partial charge in [0.15, 0.2) is 0 Å². The first-order valence-corrected chi connectivity index (χ1v) is 8.05. The fraction of sp³-hybridized carbons (Fsp3) is 1.00. The van der Waals surface area contributed by atoms with Crippen LogP contribution in [-0.4, -0.2) is 29.9 Å². The summed E-state index contributed by atoms with van der Waals surface area (Å²) in [6.07, 6.45) is 7.60. The van der Waals surface area contributed by atoms with Crippen molar-refractivity contribution in [2.24, 2.45) is 0 Å². The Morgan fingerprint density at radius 2 is 1.50 bits per heavy atom. The van der Waals surface area contributed by atoms with Crippen molar-refractivity contribution >= 4 is 10.1 Å². The molecule has 1 N–H and O–H groups in total. The van der Waals surface area contributed by atoms with E-state index in [1.165, 1.54) is 19.3 Å². The van der Waals surface area contributed by atoms with Crippen LogP contribution in [0.3, 0.4) is 0 Å². The molecule has 6 heteroatoms. The molecule has 0 rings (SSSR count). The molecule has 1 unspecified atom stereocenters. The van der Waals surface area contributed by atoms with Crippen molar-refractivity contribution in [3.05, 3.63) is 0 Å². The molecule has 0 aromatic heterocycles. The van der Waals surface area contributed by atoms with E-state index in [9.17, 15) is 13.0 Å². The molecule has 104 valence electrons. The Kier molecular flexibility index (Phi) is 16.3. The molecule has 0 saturated heterocycles. The second-order valence-electron chi connectivity index (χ2n) is 4.54. The van der Waals surface area contributed by atoms with Crippen molar-refractivity contribution < 1.29 is 69.5 Å². The van der Waals surface area contributed by atoms with Gasteiger partial charge < -0.3 is 9.66 Å². The molecule has 1 atom stereocenters. The minimum atomic E-state index is -4.20. The van der Waals surface area contributed by atoms with Gasteiger partial charge in [-0.05, 0) is 19.3 Å². The Hall–Kier alpha value is 1.51. The maximum absolute atomic E-state index is 11.0. The van der Waals surface area contributed by atoms with E-state index in [0.717, 1.165) is 19.3 Å². The summed E-state index contributed by atoms with van der Waals surface area (Å²) >= 11 is 0. The Labute approximate surface area is 154 Å². The third-order valence-corrected chi connectivity index (χ3v) is 4.26. The van der Waals surface area contributed by atoms with Gasteiger partial charge in [-0.15, -0.1) is 0 Å². The molecule has 0 bridgehead atoms. The van der Waals surface area contributed by atoms with Crippen molar-refractivity contribution in [3.8, 4) is 0 Å². The number of aliphatic hydroxyl groups is 1. The maximum atomic E-state index is 11.0. The van der Waals surface area contributed by atoms with Crippen molar-refractivity contribution in [1.29, 1.82) is 0 Å². The van der Waals surface area contributed by atoms with Gasteiger partial charge in [0, 0.05) is 11.9 Å². The fourth-order valence-electron chi connectivity index (χ4n) is 1.90. The fourth-order valence-corrected chi connectivity index (χ4v) is 2.81. The average Bonchev–Trinajstić information content (AvgIpc) is 2.25. The first-order chi connectivity index (χ1) is 8.02. The normalized spacial score (nSPS) is 13.1. The molecule has 0 saturated carbocycles. The molecular formula is C12H25KO4S. The van der Waals surface area contributed by atoms with Gasteiger partial charge in [-0.1, -0.05) is 45.4 Å². The van der Waals surface area contributed by atoms with Crippen LogP contribution in [0, 0.1) is 0 Å². The Morgan fingerprint density at radius 3 is 2.00 bits per heavy atom. The van der Waals surface area contributed by atoms with E-state index in [1.54, 1.807) is 0 Å². The molecule has 0 aromatic rings. The van der Waals surface area contributed by atoms with Crippen LogP contribution < -0.4 is 51.4 Å². The van der Waals surface area contributed by atoms with Crippen molar-refractivity contribution in [2.75, 3.05) is 6.61 Å². The van der Waals surface area contributed by atoms with Crippen LogP contribution in [0.25, 0.3) is 0 Å². The van der Waals surface area contributed by atoms with Crippen molar-refractivity contribution in [1.82, 2.24) is 0 Å². The van der Waals surface area contributed by atoms with E-state index in [2.05, 4.69) is 6.92 Å². The van der Waals surface area contributed by atoms with Gasteiger partial charge in [-0.2, -0.15) is 0 Å². The van der Waals surface area contributed by atoms with Gasteiger partial charge in [0.2, 0.25) is 0 Å². The molecule has 0 aliphatic heterocycles. The second-order valence-corrected chi connectivity index (χ2v) is 6.19. The van der Waals surface area contributed by atoms with Crippen LogP contribution in [0.5, 0.6) is 0 Å². The Bertz CT molecular complexity index is 267. The summed E-state index contributed by atoms with van der Waals surface area (Å²) in [7, 11) is -4.20. The largest absolute Gasteiger partial charge is 1.00 e. The zero-order chi connectivity index (χ0) is 13.1. The Morgan fingerprint density at radius 1 is 1.00 bits per heavy atom. The third kappa shape index (κ3) is 12.5. The number of unbranched alkanes of at least 4 members (excludes halogenated alkanes) is 5. The standard InChI is InChI=1S/C12H26O4S.K/c1-2-3-4-5-6-7-9-12(10-8-11-13)17(14,15)16;/h12-13H,2-11H2,1H3,(H,14,15,16);/q;+1/p-1. The van der Waals surface area contributed by atoms with Gasteiger partial charge in [-0.3, -0.25) is 0 Å². The molecule has 0 amide bonds. The summed E-state index contributed by atoms with van der Waals surface area (Å²) in [5.74, 6) is 0. The minimum absolute atomic E-state index is 0. The predicted molar refractivity (Wildman–Crippen MR) is 67.8 cm³/mol. The zero-order valence-electron chi connectivity index (χ0n) is 11.7. The van der Waals surface area contributed by atoms with Gasteiger partial charge in [0.25, 0.3) is 0 Å². The monoisotopic (exact) mass is 304 g/mol. The quantitative estimate of drug-likeness (QED) is 0.315. The van der Waals surface area contributed by atoms with E-state index in [1.807, 2.05) is 0 Å². The van der Waals surface area contributed by atoms with E-state index in [4.69, 9.17) is 5.11 Å². The topological polar surface area (TPSA) is 77.4 Å². The van der Waals surface area contributed by atoms with Crippen LogP contribution in [0.4, 0.5) is 0 Å². The summed E-state index contributed by atoms with van der Waals surface area (Å²) in [6.45, 7) is 2.09. The summed E-state index contributed by atoms with van der Waals surface area (Å²) in [4.78, 5) is 0. The summed E-state index contributed by atoms with van der Waals surface area (Å²) in [6, 6.07) is 0. The number of rotatable bonds is 11. The van der Waals surface area contributed by atoms with Crippen LogP contribution in [0.2, 0.25) is 0 Å². The minimum Gasteiger partial charge on any atom is -0.748 e. The van der Waals surface area contributed by atoms with Crippen LogP contribution in [0.15, 0.2) is 0 Å². The number of aliphatic hydroxyl groups excluding tert-OH is 1. The van der Waals surface area contributed by atoms with E-state index in [-0.39, 0.29) is 64.4 Å². The SMILES string of the molecule is CCCCCCCCC(CCCO)S(=O)(=O)[O-].[K+]. The summed E-state index contributed by atoms with van der Waals surface area (Å²) < 4.78 is 32.9. The molecule has 0 heterocycles. The van der Waals surface area contributed by atoms with Gasteiger partial charge in [0.1, 0.15) is 0 Å². The summed E-state index contributed by atoms with van der Waals surface area (Å²) in [5.41, 5.74) is 0. The van der Waals surface area contributed by atoms with E-state index in [0.29, 0.717) is 12.8 Å². The second kappa shape index (κ2) is 13.5. The third-order valence-electron chi connectivity index (χ3n) is 2.97. The van der Waals surface area contributed by atoms with Crippen molar-refractivity contribution in [3.63, 3.8) is 0 Å². The average molecular weight is 304 g/mol. The first kappa shape index (κ1) is 21.8. The van der Waals surface area contributed by atoms with Crippen LogP contribution >= 0.6 is 0 Å². The molecule has 0 aliphatic rings. The number of hydrogen-bond acceptors (Lipinski definition) is 4. The molecule has 4 nitrogen and oxygen atoms in total. The Balaban J connectivity index is 0. The van der Waals surface area contributed by atoms with Gasteiger partial charge in [0.05, 0.1) is 10.1 Å². The molecule has 0 fully saturated rings. The van der Waals surface area contributed by atoms with Gasteiger partial charge >= 0.3 is 51.4 Å². The molecule has 0 radical (unpaired) electrons. The van der Waals surface area contributed by atoms with E-state index < -0.39 is 15.4 Å². The molecule has 0 aliphatic carbocycles. The predicted octanol–water partition coefficient (Wildman–Crippen LogP) is -0.573. The van der Waals surface area contributed by atoms with E-state index >= 15 is 0 Å². The maximum Gasteiger partial charge on any atom is 1.00 e. The number of hydrogen-bond donors (Lipinski definition) is 1. The molecule has 0 aromatic carbocycles. The summed E-state index contributed by atoms with van der Waals surface area (Å²) in [5, 5.41) is 7.85. The van der Waals surface area contributed by atoms with Crippen molar-refractivity contribution in [2.45, 2.75) is 70.0 Å². The van der Waals surface area contributed by atoms with Gasteiger partial charge in [-0.25, -0.2) is 8.42 Å².